The maximum Gasteiger partial charge on any atom is 0.105 e. The molecule has 1 aromatic heterocycles. The van der Waals surface area contributed by atoms with E-state index in [2.05, 4.69) is 22.4 Å². The SMILES string of the molecule is S=c1cc2c(c[nH]1)Sc1ccccc1N2. The molecule has 2 heterocycles. The fourth-order valence-electron chi connectivity index (χ4n) is 1.56. The van der Waals surface area contributed by atoms with Crippen LogP contribution in [0.25, 0.3) is 0 Å². The Morgan fingerprint density at radius 1 is 1.07 bits per heavy atom. The highest BCUT2D eigenvalue weighted by atomic mass is 32.2. The first-order chi connectivity index (χ1) is 7.33. The Kier molecular flexibility index (Phi) is 2.04. The molecule has 3 rings (SSSR count). The van der Waals surface area contributed by atoms with Crippen molar-refractivity contribution in [1.82, 2.24) is 4.98 Å². The first-order valence-corrected chi connectivity index (χ1v) is 5.82. The fraction of sp³-hybridized carbons (Fsp3) is 0. The minimum Gasteiger partial charge on any atom is -0.354 e. The summed E-state index contributed by atoms with van der Waals surface area (Å²) in [6.07, 6.45) is 1.95. The number of rotatable bonds is 0. The van der Waals surface area contributed by atoms with Gasteiger partial charge in [-0.05, 0) is 18.2 Å². The first kappa shape index (κ1) is 9.00. The van der Waals surface area contributed by atoms with E-state index >= 15 is 0 Å². The predicted octanol–water partition coefficient (Wildman–Crippen LogP) is 3.95. The molecule has 0 spiro atoms. The average molecular weight is 232 g/mol. The van der Waals surface area contributed by atoms with E-state index in [1.54, 1.807) is 11.8 Å². The molecule has 0 bridgehead atoms. The average Bonchev–Trinajstić information content (AvgIpc) is 2.26. The van der Waals surface area contributed by atoms with Crippen LogP contribution < -0.4 is 5.32 Å². The van der Waals surface area contributed by atoms with Crippen LogP contribution in [-0.2, 0) is 0 Å². The van der Waals surface area contributed by atoms with Gasteiger partial charge in [0.2, 0.25) is 0 Å². The lowest BCUT2D eigenvalue weighted by molar-refractivity contribution is 1.19. The molecule has 15 heavy (non-hydrogen) atoms. The molecule has 1 aliphatic rings. The van der Waals surface area contributed by atoms with E-state index in [0.29, 0.717) is 0 Å². The van der Waals surface area contributed by atoms with E-state index in [1.807, 2.05) is 24.4 Å². The topological polar surface area (TPSA) is 27.8 Å². The summed E-state index contributed by atoms with van der Waals surface area (Å²) in [6, 6.07) is 10.2. The quantitative estimate of drug-likeness (QED) is 0.575. The molecule has 0 amide bonds. The number of hydrogen-bond acceptors (Lipinski definition) is 3. The standard InChI is InChI=1S/C11H8N2S2/c14-11-5-8-10(6-12-11)15-9-4-2-1-3-7(9)13-8/h1-6,13H,(H,12,14). The molecule has 2 aromatic rings. The third-order valence-corrected chi connectivity index (χ3v) is 3.63. The number of hydrogen-bond donors (Lipinski definition) is 2. The second-order valence-electron chi connectivity index (χ2n) is 3.30. The van der Waals surface area contributed by atoms with Gasteiger partial charge in [-0.2, -0.15) is 0 Å². The van der Waals surface area contributed by atoms with Crippen LogP contribution in [0, 0.1) is 4.64 Å². The number of pyridine rings is 1. The molecule has 1 aromatic carbocycles. The van der Waals surface area contributed by atoms with Crippen molar-refractivity contribution < 1.29 is 0 Å². The molecule has 0 aliphatic carbocycles. The molecule has 2 nitrogen and oxygen atoms in total. The molecule has 0 saturated heterocycles. The van der Waals surface area contributed by atoms with Gasteiger partial charge in [0, 0.05) is 11.1 Å². The van der Waals surface area contributed by atoms with E-state index in [0.717, 1.165) is 16.0 Å². The molecule has 4 heteroatoms. The van der Waals surface area contributed by atoms with Gasteiger partial charge < -0.3 is 10.3 Å². The molecule has 2 N–H and O–H groups in total. The highest BCUT2D eigenvalue weighted by molar-refractivity contribution is 7.99. The predicted molar refractivity (Wildman–Crippen MR) is 65.5 cm³/mol. The second-order valence-corrected chi connectivity index (χ2v) is 4.82. The van der Waals surface area contributed by atoms with Crippen LogP contribution in [0.4, 0.5) is 11.4 Å². The zero-order chi connectivity index (χ0) is 10.3. The Morgan fingerprint density at radius 3 is 2.87 bits per heavy atom. The summed E-state index contributed by atoms with van der Waals surface area (Å²) in [7, 11) is 0. The van der Waals surface area contributed by atoms with Gasteiger partial charge >= 0.3 is 0 Å². The van der Waals surface area contributed by atoms with Gasteiger partial charge in [-0.1, -0.05) is 36.1 Å². The number of fused-ring (bicyclic) bond motifs is 2. The van der Waals surface area contributed by atoms with E-state index in [9.17, 15) is 0 Å². The summed E-state index contributed by atoms with van der Waals surface area (Å²) in [4.78, 5) is 5.47. The summed E-state index contributed by atoms with van der Waals surface area (Å²) >= 11 is 6.84. The van der Waals surface area contributed by atoms with Crippen molar-refractivity contribution in [3.63, 3.8) is 0 Å². The molecular weight excluding hydrogens is 224 g/mol. The van der Waals surface area contributed by atoms with Crippen LogP contribution in [0.15, 0.2) is 46.3 Å². The van der Waals surface area contributed by atoms with Crippen molar-refractivity contribution in [3.05, 3.63) is 41.2 Å². The van der Waals surface area contributed by atoms with Crippen LogP contribution in [0.3, 0.4) is 0 Å². The summed E-state index contributed by atoms with van der Waals surface area (Å²) in [5.74, 6) is 0. The summed E-state index contributed by atoms with van der Waals surface area (Å²) in [5.41, 5.74) is 2.23. The molecule has 0 atom stereocenters. The molecule has 74 valence electrons. The van der Waals surface area contributed by atoms with Crippen molar-refractivity contribution in [2.75, 3.05) is 5.32 Å². The Hall–Kier alpha value is -1.26. The molecule has 0 saturated carbocycles. The van der Waals surface area contributed by atoms with Crippen molar-refractivity contribution in [2.24, 2.45) is 0 Å². The number of anilines is 2. The highest BCUT2D eigenvalue weighted by Gasteiger charge is 2.14. The third-order valence-electron chi connectivity index (χ3n) is 2.26. The van der Waals surface area contributed by atoms with E-state index in [1.165, 1.54) is 9.79 Å². The van der Waals surface area contributed by atoms with Gasteiger partial charge in [0.25, 0.3) is 0 Å². The van der Waals surface area contributed by atoms with Crippen molar-refractivity contribution >= 4 is 35.4 Å². The van der Waals surface area contributed by atoms with Crippen LogP contribution in [0.2, 0.25) is 0 Å². The van der Waals surface area contributed by atoms with E-state index in [-0.39, 0.29) is 0 Å². The van der Waals surface area contributed by atoms with Crippen molar-refractivity contribution in [3.8, 4) is 0 Å². The number of aromatic amines is 1. The number of nitrogens with one attached hydrogen (secondary N) is 2. The van der Waals surface area contributed by atoms with Crippen LogP contribution in [0.1, 0.15) is 0 Å². The maximum absolute atomic E-state index is 5.09. The van der Waals surface area contributed by atoms with Gasteiger partial charge in [-0.15, -0.1) is 0 Å². The highest BCUT2D eigenvalue weighted by Crippen LogP contribution is 2.43. The summed E-state index contributed by atoms with van der Waals surface area (Å²) in [6.45, 7) is 0. The summed E-state index contributed by atoms with van der Waals surface area (Å²) in [5, 5.41) is 3.37. The van der Waals surface area contributed by atoms with E-state index in [4.69, 9.17) is 12.2 Å². The van der Waals surface area contributed by atoms with E-state index < -0.39 is 0 Å². The smallest absolute Gasteiger partial charge is 0.105 e. The zero-order valence-electron chi connectivity index (χ0n) is 7.78. The van der Waals surface area contributed by atoms with Gasteiger partial charge in [0.15, 0.2) is 0 Å². The molecule has 0 radical (unpaired) electrons. The fourth-order valence-corrected chi connectivity index (χ4v) is 2.69. The lowest BCUT2D eigenvalue weighted by Gasteiger charge is -2.19. The van der Waals surface area contributed by atoms with Crippen molar-refractivity contribution in [1.29, 1.82) is 0 Å². The Labute approximate surface area is 96.7 Å². The van der Waals surface area contributed by atoms with Gasteiger partial charge in [-0.25, -0.2) is 0 Å². The van der Waals surface area contributed by atoms with Gasteiger partial charge in [0.05, 0.1) is 16.3 Å². The zero-order valence-corrected chi connectivity index (χ0v) is 9.41. The minimum absolute atomic E-state index is 0.751. The van der Waals surface area contributed by atoms with Crippen molar-refractivity contribution in [2.45, 2.75) is 9.79 Å². The van der Waals surface area contributed by atoms with Gasteiger partial charge in [-0.3, -0.25) is 0 Å². The van der Waals surface area contributed by atoms with Crippen LogP contribution in [0.5, 0.6) is 0 Å². The lowest BCUT2D eigenvalue weighted by Crippen LogP contribution is -1.99. The van der Waals surface area contributed by atoms with Crippen LogP contribution in [-0.4, -0.2) is 4.98 Å². The number of aromatic nitrogens is 1. The molecule has 1 aliphatic heterocycles. The van der Waals surface area contributed by atoms with Crippen LogP contribution >= 0.6 is 24.0 Å². The monoisotopic (exact) mass is 232 g/mol. The largest absolute Gasteiger partial charge is 0.354 e. The molecular formula is C11H8N2S2. The normalized spacial score (nSPS) is 12.5. The third kappa shape index (κ3) is 1.56. The Balaban J connectivity index is 2.15. The lowest BCUT2D eigenvalue weighted by atomic mass is 10.3. The number of benzene rings is 1. The maximum atomic E-state index is 5.09. The minimum atomic E-state index is 0.751. The Bertz CT molecular complexity index is 575. The molecule has 0 fully saturated rings. The molecule has 0 unspecified atom stereocenters. The number of para-hydroxylation sites is 1. The Morgan fingerprint density at radius 2 is 1.93 bits per heavy atom. The second kappa shape index (κ2) is 3.40. The van der Waals surface area contributed by atoms with Gasteiger partial charge in [0.1, 0.15) is 4.64 Å². The summed E-state index contributed by atoms with van der Waals surface area (Å²) < 4.78 is 0.751. The first-order valence-electron chi connectivity index (χ1n) is 4.59. The number of H-pyrrole nitrogens is 1.